The van der Waals surface area contributed by atoms with Crippen LogP contribution >= 0.6 is 0 Å². The summed E-state index contributed by atoms with van der Waals surface area (Å²) in [7, 11) is 1.59. The molecule has 6 heteroatoms. The molecule has 136 valence electrons. The average Bonchev–Trinajstić information content (AvgIpc) is 2.69. The van der Waals surface area contributed by atoms with Gasteiger partial charge >= 0.3 is 0 Å². The maximum absolute atomic E-state index is 12.4. The molecular weight excluding hydrogens is 330 g/mol. The van der Waals surface area contributed by atoms with E-state index < -0.39 is 0 Å². The molecule has 0 saturated heterocycles. The lowest BCUT2D eigenvalue weighted by molar-refractivity contribution is 0.0922. The number of anilines is 1. The van der Waals surface area contributed by atoms with Gasteiger partial charge in [-0.2, -0.15) is 0 Å². The summed E-state index contributed by atoms with van der Waals surface area (Å²) < 4.78 is 5.10. The number of aromatic nitrogens is 1. The van der Waals surface area contributed by atoms with Crippen LogP contribution in [0.15, 0.2) is 42.6 Å². The summed E-state index contributed by atoms with van der Waals surface area (Å²) in [6.07, 6.45) is 7.00. The average molecular weight is 353 g/mol. The lowest BCUT2D eigenvalue weighted by Gasteiger charge is -2.22. The molecule has 1 fully saturated rings. The van der Waals surface area contributed by atoms with Crippen LogP contribution in [0.1, 0.15) is 53.0 Å². The summed E-state index contributed by atoms with van der Waals surface area (Å²) in [4.78, 5) is 28.9. The van der Waals surface area contributed by atoms with Gasteiger partial charge < -0.3 is 15.4 Å². The molecule has 0 aliphatic heterocycles. The smallest absolute Gasteiger partial charge is 0.270 e. The van der Waals surface area contributed by atoms with E-state index >= 15 is 0 Å². The number of nitrogens with one attached hydrogen (secondary N) is 2. The minimum atomic E-state index is -0.288. The summed E-state index contributed by atoms with van der Waals surface area (Å²) >= 11 is 0. The van der Waals surface area contributed by atoms with Crippen molar-refractivity contribution in [3.8, 4) is 5.75 Å². The molecule has 2 aromatic rings. The number of carbonyl (C=O) groups is 2. The van der Waals surface area contributed by atoms with E-state index in [-0.39, 0.29) is 23.6 Å². The van der Waals surface area contributed by atoms with Crippen molar-refractivity contribution in [1.29, 1.82) is 0 Å². The minimum Gasteiger partial charge on any atom is -0.497 e. The largest absolute Gasteiger partial charge is 0.497 e. The number of ether oxygens (including phenoxy) is 1. The third-order valence-electron chi connectivity index (χ3n) is 4.54. The maximum Gasteiger partial charge on any atom is 0.270 e. The second-order valence-corrected chi connectivity index (χ2v) is 6.42. The van der Waals surface area contributed by atoms with E-state index in [0.29, 0.717) is 17.0 Å². The fraction of sp³-hybridized carbons (Fsp3) is 0.350. The molecule has 0 bridgehead atoms. The number of carbonyl (C=O) groups excluding carboxylic acids is 2. The van der Waals surface area contributed by atoms with Gasteiger partial charge in [0.1, 0.15) is 11.4 Å². The molecule has 26 heavy (non-hydrogen) atoms. The van der Waals surface area contributed by atoms with Gasteiger partial charge in [-0.25, -0.2) is 0 Å². The van der Waals surface area contributed by atoms with Gasteiger partial charge in [0.25, 0.3) is 11.8 Å². The number of pyridine rings is 1. The molecule has 2 amide bonds. The van der Waals surface area contributed by atoms with Gasteiger partial charge in [-0.05, 0) is 49.2 Å². The molecule has 1 aromatic heterocycles. The van der Waals surface area contributed by atoms with Crippen molar-refractivity contribution in [3.05, 3.63) is 53.9 Å². The first-order chi connectivity index (χ1) is 12.7. The fourth-order valence-corrected chi connectivity index (χ4v) is 3.08. The molecule has 1 saturated carbocycles. The number of amides is 2. The van der Waals surface area contributed by atoms with Crippen LogP contribution in [0.25, 0.3) is 0 Å². The minimum absolute atomic E-state index is 0.204. The van der Waals surface area contributed by atoms with Crippen molar-refractivity contribution in [2.24, 2.45) is 0 Å². The Kier molecular flexibility index (Phi) is 5.84. The lowest BCUT2D eigenvalue weighted by Crippen LogP contribution is -2.36. The van der Waals surface area contributed by atoms with Crippen molar-refractivity contribution >= 4 is 17.5 Å². The van der Waals surface area contributed by atoms with Gasteiger partial charge in [0.2, 0.25) is 0 Å². The van der Waals surface area contributed by atoms with E-state index in [0.717, 1.165) is 25.7 Å². The van der Waals surface area contributed by atoms with Crippen LogP contribution in [0.4, 0.5) is 5.69 Å². The van der Waals surface area contributed by atoms with E-state index in [1.165, 1.54) is 18.7 Å². The van der Waals surface area contributed by atoms with Crippen molar-refractivity contribution in [2.45, 2.75) is 38.1 Å². The fourth-order valence-electron chi connectivity index (χ4n) is 3.08. The van der Waals surface area contributed by atoms with Crippen molar-refractivity contribution in [1.82, 2.24) is 10.3 Å². The Hall–Kier alpha value is -2.89. The molecule has 0 unspecified atom stereocenters. The summed E-state index contributed by atoms with van der Waals surface area (Å²) in [5.74, 6) is 0.203. The van der Waals surface area contributed by atoms with Gasteiger partial charge in [0.15, 0.2) is 0 Å². The van der Waals surface area contributed by atoms with E-state index in [4.69, 9.17) is 4.74 Å². The molecule has 1 heterocycles. The first kappa shape index (κ1) is 17.9. The molecule has 0 spiro atoms. The Labute approximate surface area is 153 Å². The van der Waals surface area contributed by atoms with Crippen LogP contribution in [0.3, 0.4) is 0 Å². The van der Waals surface area contributed by atoms with Gasteiger partial charge in [0, 0.05) is 23.5 Å². The summed E-state index contributed by atoms with van der Waals surface area (Å²) in [6.45, 7) is 0. The van der Waals surface area contributed by atoms with Crippen LogP contribution < -0.4 is 15.4 Å². The highest BCUT2D eigenvalue weighted by molar-refractivity contribution is 6.05. The number of rotatable bonds is 5. The molecule has 1 aliphatic carbocycles. The monoisotopic (exact) mass is 353 g/mol. The summed E-state index contributed by atoms with van der Waals surface area (Å²) in [5, 5.41) is 5.82. The zero-order chi connectivity index (χ0) is 18.4. The highest BCUT2D eigenvalue weighted by atomic mass is 16.5. The topological polar surface area (TPSA) is 80.3 Å². The molecule has 1 aliphatic rings. The quantitative estimate of drug-likeness (QED) is 0.863. The number of hydrogen-bond acceptors (Lipinski definition) is 4. The maximum atomic E-state index is 12.4. The van der Waals surface area contributed by atoms with Crippen molar-refractivity contribution in [2.75, 3.05) is 12.4 Å². The molecule has 1 aromatic carbocycles. The van der Waals surface area contributed by atoms with Crippen LogP contribution in [-0.4, -0.2) is 29.9 Å². The number of hydrogen-bond donors (Lipinski definition) is 2. The van der Waals surface area contributed by atoms with E-state index in [2.05, 4.69) is 15.6 Å². The molecule has 6 nitrogen and oxygen atoms in total. The van der Waals surface area contributed by atoms with Gasteiger partial charge in [-0.15, -0.1) is 0 Å². The first-order valence-electron chi connectivity index (χ1n) is 8.88. The molecular formula is C20H23N3O3. The van der Waals surface area contributed by atoms with Crippen molar-refractivity contribution < 1.29 is 14.3 Å². The second kappa shape index (κ2) is 8.47. The number of methoxy groups -OCH3 is 1. The number of benzene rings is 1. The lowest BCUT2D eigenvalue weighted by atomic mass is 9.95. The van der Waals surface area contributed by atoms with Crippen molar-refractivity contribution in [3.63, 3.8) is 0 Å². The number of nitrogens with zero attached hydrogens (tertiary/aromatic N) is 1. The highest BCUT2D eigenvalue weighted by Crippen LogP contribution is 2.18. The van der Waals surface area contributed by atoms with Gasteiger partial charge in [-0.3, -0.25) is 14.6 Å². The zero-order valence-corrected chi connectivity index (χ0v) is 14.8. The highest BCUT2D eigenvalue weighted by Gasteiger charge is 2.18. The second-order valence-electron chi connectivity index (χ2n) is 6.42. The summed E-state index contributed by atoms with van der Waals surface area (Å²) in [6, 6.07) is 10.4. The van der Waals surface area contributed by atoms with Crippen LogP contribution in [-0.2, 0) is 0 Å². The van der Waals surface area contributed by atoms with Crippen LogP contribution in [0.2, 0.25) is 0 Å². The van der Waals surface area contributed by atoms with Gasteiger partial charge in [0.05, 0.1) is 7.11 Å². The SMILES string of the molecule is COc1ccc(NC(=O)c2ccnc(C(=O)NC3CCCCC3)c2)cc1. The third kappa shape index (κ3) is 4.59. The van der Waals surface area contributed by atoms with E-state index in [1.54, 1.807) is 37.4 Å². The summed E-state index contributed by atoms with van der Waals surface area (Å²) in [5.41, 5.74) is 1.31. The Morgan fingerprint density at radius 2 is 1.77 bits per heavy atom. The van der Waals surface area contributed by atoms with Gasteiger partial charge in [-0.1, -0.05) is 19.3 Å². The predicted molar refractivity (Wildman–Crippen MR) is 99.5 cm³/mol. The molecule has 2 N–H and O–H groups in total. The molecule has 0 radical (unpaired) electrons. The third-order valence-corrected chi connectivity index (χ3v) is 4.54. The van der Waals surface area contributed by atoms with E-state index in [1.807, 2.05) is 0 Å². The Morgan fingerprint density at radius 1 is 1.04 bits per heavy atom. The Bertz CT molecular complexity index is 768. The Balaban J connectivity index is 1.65. The predicted octanol–water partition coefficient (Wildman–Crippen LogP) is 3.41. The zero-order valence-electron chi connectivity index (χ0n) is 14.8. The molecule has 3 rings (SSSR count). The van der Waals surface area contributed by atoms with Crippen LogP contribution in [0.5, 0.6) is 5.75 Å². The Morgan fingerprint density at radius 3 is 2.46 bits per heavy atom. The van der Waals surface area contributed by atoms with Crippen LogP contribution in [0, 0.1) is 0 Å². The normalized spacial score (nSPS) is 14.5. The standard InChI is InChI=1S/C20H23N3O3/c1-26-17-9-7-16(8-10-17)22-19(24)14-11-12-21-18(13-14)20(25)23-15-5-3-2-4-6-15/h7-13,15H,2-6H2,1H3,(H,22,24)(H,23,25). The van der Waals surface area contributed by atoms with E-state index in [9.17, 15) is 9.59 Å². The molecule has 0 atom stereocenters. The first-order valence-corrected chi connectivity index (χ1v) is 8.88.